The van der Waals surface area contributed by atoms with Crippen LogP contribution in [-0.4, -0.2) is 8.42 Å². The van der Waals surface area contributed by atoms with Crippen molar-refractivity contribution in [1.82, 2.24) is 0 Å². The third kappa shape index (κ3) is 5.10. The summed E-state index contributed by atoms with van der Waals surface area (Å²) >= 11 is 0. The number of fused-ring (bicyclic) bond motifs is 2. The molecule has 0 aromatic heterocycles. The van der Waals surface area contributed by atoms with Crippen molar-refractivity contribution in [2.75, 3.05) is 4.90 Å². The number of hydrogen-bond donors (Lipinski definition) is 0. The molecular weight excluding hydrogens is 643 g/mol. The van der Waals surface area contributed by atoms with Crippen molar-refractivity contribution >= 4 is 26.9 Å². The molecule has 51 heavy (non-hydrogen) atoms. The van der Waals surface area contributed by atoms with E-state index in [9.17, 15) is 8.42 Å². The molecule has 1 spiro atoms. The van der Waals surface area contributed by atoms with Crippen LogP contribution in [0.4, 0.5) is 17.1 Å². The third-order valence-corrected chi connectivity index (χ3v) is 13.9. The van der Waals surface area contributed by atoms with E-state index in [-0.39, 0.29) is 5.41 Å². The highest BCUT2D eigenvalue weighted by Gasteiger charge is 2.59. The van der Waals surface area contributed by atoms with Gasteiger partial charge in [-0.05, 0) is 114 Å². The molecule has 2 bridgehead atoms. The van der Waals surface area contributed by atoms with Crippen molar-refractivity contribution in [3.8, 4) is 22.3 Å². The topological polar surface area (TPSA) is 37.4 Å². The zero-order chi connectivity index (χ0) is 34.7. The van der Waals surface area contributed by atoms with Gasteiger partial charge in [-0.15, -0.1) is 0 Å². The molecule has 0 atom stereocenters. The molecule has 0 saturated heterocycles. The maximum absolute atomic E-state index is 14.9. The Balaban J connectivity index is 1.27. The van der Waals surface area contributed by atoms with Gasteiger partial charge in [-0.3, -0.25) is 0 Å². The van der Waals surface area contributed by atoms with Crippen LogP contribution in [0.15, 0.2) is 161 Å². The summed E-state index contributed by atoms with van der Waals surface area (Å²) in [5.74, 6) is 2.07. The fourth-order valence-corrected chi connectivity index (χ4v) is 12.0. The second kappa shape index (κ2) is 12.4. The van der Waals surface area contributed by atoms with Crippen LogP contribution in [0.1, 0.15) is 50.7 Å². The van der Waals surface area contributed by atoms with E-state index in [0.29, 0.717) is 33.5 Å². The lowest BCUT2D eigenvalue weighted by Gasteiger charge is -2.59. The van der Waals surface area contributed by atoms with Crippen LogP contribution in [0.5, 0.6) is 0 Å². The molecule has 1 heterocycles. The molecule has 1 aliphatic heterocycles. The average molecular weight is 686 g/mol. The number of rotatable bonds is 5. The fourth-order valence-electron chi connectivity index (χ4n) is 10.2. The van der Waals surface area contributed by atoms with E-state index < -0.39 is 9.84 Å². The van der Waals surface area contributed by atoms with E-state index >= 15 is 0 Å². The number of hydrogen-bond acceptors (Lipinski definition) is 3. The van der Waals surface area contributed by atoms with Crippen LogP contribution < -0.4 is 4.90 Å². The minimum atomic E-state index is -3.79. The molecule has 0 radical (unpaired) electrons. The molecule has 0 N–H and O–H groups in total. The van der Waals surface area contributed by atoms with Gasteiger partial charge in [0.25, 0.3) is 0 Å². The summed E-state index contributed by atoms with van der Waals surface area (Å²) in [5, 5.41) is 0. The summed E-state index contributed by atoms with van der Waals surface area (Å²) in [5.41, 5.74) is 9.02. The first-order valence-electron chi connectivity index (χ1n) is 18.4. The van der Waals surface area contributed by atoms with Crippen LogP contribution in [0.2, 0.25) is 0 Å². The summed E-state index contributed by atoms with van der Waals surface area (Å²) in [7, 11) is -3.79. The van der Waals surface area contributed by atoms with Crippen molar-refractivity contribution in [2.24, 2.45) is 23.7 Å². The molecule has 6 aromatic carbocycles. The smallest absolute Gasteiger partial charge is 0.207 e. The molecule has 9 rings (SSSR count). The Labute approximate surface area is 302 Å². The summed E-state index contributed by atoms with van der Waals surface area (Å²) in [6.07, 6.45) is 4.50. The average Bonchev–Trinajstić information content (AvgIpc) is 3.16. The Morgan fingerprint density at radius 3 is 1.69 bits per heavy atom. The fraction of sp³-hybridized carbons (Fsp3) is 0.234. The Morgan fingerprint density at radius 2 is 1.02 bits per heavy atom. The monoisotopic (exact) mass is 685 g/mol. The molecule has 3 aliphatic rings. The first-order chi connectivity index (χ1) is 24.9. The lowest BCUT2D eigenvalue weighted by atomic mass is 9.46. The molecule has 0 amide bonds. The molecule has 2 saturated carbocycles. The Hall–Kier alpha value is -4.93. The van der Waals surface area contributed by atoms with Crippen LogP contribution in [-0.2, 0) is 15.3 Å². The molecular formula is C47H43NO2S. The van der Waals surface area contributed by atoms with Gasteiger partial charge in [0.15, 0.2) is 0 Å². The van der Waals surface area contributed by atoms with Gasteiger partial charge in [0.05, 0.1) is 15.5 Å². The Bertz CT molecular complexity index is 2300. The van der Waals surface area contributed by atoms with Gasteiger partial charge in [-0.2, -0.15) is 0 Å². The number of anilines is 3. The van der Waals surface area contributed by atoms with Crippen molar-refractivity contribution in [3.63, 3.8) is 0 Å². The minimum Gasteiger partial charge on any atom is -0.310 e. The summed E-state index contributed by atoms with van der Waals surface area (Å²) in [6, 6.07) is 52.3. The molecule has 2 fully saturated rings. The number of nitrogens with zero attached hydrogens (tertiary/aromatic N) is 1. The summed E-state index contributed by atoms with van der Waals surface area (Å²) in [4.78, 5) is 3.21. The Kier molecular flexibility index (Phi) is 7.77. The van der Waals surface area contributed by atoms with Crippen molar-refractivity contribution in [2.45, 2.75) is 54.7 Å². The summed E-state index contributed by atoms with van der Waals surface area (Å²) < 4.78 is 29.8. The number of benzene rings is 6. The normalized spacial score (nSPS) is 24.4. The first kappa shape index (κ1) is 32.0. The SMILES string of the molecule is C[C@H]1C[C@@H]2C[C@@H](C)C[C@H](C1)C21c2ccccc2S(=O)(=O)c2cc(N(c3ccc(-c4ccccc4)cc3)c3ccccc3-c3ccccc3)ccc21. The van der Waals surface area contributed by atoms with Crippen LogP contribution in [0.25, 0.3) is 22.3 Å². The van der Waals surface area contributed by atoms with Gasteiger partial charge >= 0.3 is 0 Å². The molecule has 0 unspecified atom stereocenters. The van der Waals surface area contributed by atoms with E-state index in [1.807, 2.05) is 36.4 Å². The maximum Gasteiger partial charge on any atom is 0.207 e. The van der Waals surface area contributed by atoms with Gasteiger partial charge in [-0.25, -0.2) is 8.42 Å². The zero-order valence-electron chi connectivity index (χ0n) is 29.2. The molecule has 4 heteroatoms. The highest BCUT2D eigenvalue weighted by molar-refractivity contribution is 7.91. The lowest BCUT2D eigenvalue weighted by Crippen LogP contribution is -2.54. The predicted octanol–water partition coefficient (Wildman–Crippen LogP) is 12.0. The van der Waals surface area contributed by atoms with Crippen LogP contribution in [0.3, 0.4) is 0 Å². The lowest BCUT2D eigenvalue weighted by molar-refractivity contribution is 0.0231. The second-order valence-electron chi connectivity index (χ2n) is 15.2. The largest absolute Gasteiger partial charge is 0.310 e. The zero-order valence-corrected chi connectivity index (χ0v) is 30.1. The van der Waals surface area contributed by atoms with Gasteiger partial charge in [0, 0.05) is 22.4 Å². The van der Waals surface area contributed by atoms with Crippen molar-refractivity contribution < 1.29 is 8.42 Å². The highest BCUT2D eigenvalue weighted by atomic mass is 32.2. The quantitative estimate of drug-likeness (QED) is 0.181. The molecule has 254 valence electrons. The number of para-hydroxylation sites is 1. The second-order valence-corrected chi connectivity index (χ2v) is 17.1. The van der Waals surface area contributed by atoms with Gasteiger partial charge in [-0.1, -0.05) is 129 Å². The third-order valence-electron chi connectivity index (χ3n) is 12.1. The minimum absolute atomic E-state index is 0.307. The first-order valence-corrected chi connectivity index (χ1v) is 19.9. The maximum atomic E-state index is 14.9. The van der Waals surface area contributed by atoms with Crippen LogP contribution >= 0.6 is 0 Å². The van der Waals surface area contributed by atoms with Crippen molar-refractivity contribution in [1.29, 1.82) is 0 Å². The molecule has 3 nitrogen and oxygen atoms in total. The molecule has 6 aromatic rings. The Morgan fingerprint density at radius 1 is 0.510 bits per heavy atom. The van der Waals surface area contributed by atoms with E-state index in [0.717, 1.165) is 76.1 Å². The van der Waals surface area contributed by atoms with E-state index in [4.69, 9.17) is 0 Å². The highest BCUT2D eigenvalue weighted by Crippen LogP contribution is 2.64. The van der Waals surface area contributed by atoms with Crippen molar-refractivity contribution in [3.05, 3.63) is 163 Å². The van der Waals surface area contributed by atoms with Gasteiger partial charge in [0.2, 0.25) is 9.84 Å². The number of sulfone groups is 1. The molecule has 2 aliphatic carbocycles. The van der Waals surface area contributed by atoms with Gasteiger partial charge in [0.1, 0.15) is 0 Å². The predicted molar refractivity (Wildman–Crippen MR) is 208 cm³/mol. The summed E-state index contributed by atoms with van der Waals surface area (Å²) in [6.45, 7) is 4.78. The van der Waals surface area contributed by atoms with E-state index in [1.165, 1.54) is 0 Å². The van der Waals surface area contributed by atoms with E-state index in [2.05, 4.69) is 134 Å². The van der Waals surface area contributed by atoms with Gasteiger partial charge < -0.3 is 4.90 Å². The van der Waals surface area contributed by atoms with E-state index in [1.54, 1.807) is 0 Å². The van der Waals surface area contributed by atoms with Crippen LogP contribution in [0, 0.1) is 23.7 Å². The standard InChI is InChI=1S/C47H43NO2S/c1-32-27-37-29-33(2)30-38(28-32)47(37)42-18-10-12-20-45(42)51(49,50)46-31-40(25-26-43(46)47)48(39-23-21-35(22-24-39)34-13-5-3-6-14-34)44-19-11-9-17-41(44)36-15-7-4-8-16-36/h3-26,31-33,37-38H,27-30H2,1-2H3/t32-,33+,37+,38-,47?.